The third-order valence-corrected chi connectivity index (χ3v) is 9.18. The summed E-state index contributed by atoms with van der Waals surface area (Å²) >= 11 is 1.52. The highest BCUT2D eigenvalue weighted by Crippen LogP contribution is 2.55. The summed E-state index contributed by atoms with van der Waals surface area (Å²) in [6, 6.07) is 13.5. The van der Waals surface area contributed by atoms with Gasteiger partial charge in [0.2, 0.25) is 5.91 Å². The van der Waals surface area contributed by atoms with Crippen molar-refractivity contribution in [3.8, 4) is 11.5 Å². The molecule has 0 saturated carbocycles. The first-order valence-electron chi connectivity index (χ1n) is 11.9. The molecule has 3 aliphatic heterocycles. The fraction of sp³-hybridized carbons (Fsp3) is 0.423. The van der Waals surface area contributed by atoms with Gasteiger partial charge in [-0.15, -0.1) is 11.8 Å². The van der Waals surface area contributed by atoms with E-state index in [4.69, 9.17) is 9.47 Å². The Balaban J connectivity index is 1.31. The summed E-state index contributed by atoms with van der Waals surface area (Å²) in [5, 5.41) is 12.5. The van der Waals surface area contributed by atoms with E-state index in [1.807, 2.05) is 18.2 Å². The number of thioether (sulfide) groups is 1. The Hall–Kier alpha value is -3.24. The quantitative estimate of drug-likeness (QED) is 0.545. The highest BCUT2D eigenvalue weighted by Gasteiger charge is 2.67. The van der Waals surface area contributed by atoms with E-state index in [1.54, 1.807) is 18.2 Å². The number of nitrogens with zero attached hydrogens (tertiary/aromatic N) is 2. The predicted molar refractivity (Wildman–Crippen MR) is 134 cm³/mol. The van der Waals surface area contributed by atoms with E-state index in [2.05, 4.69) is 22.3 Å². The molecule has 190 valence electrons. The Morgan fingerprint density at radius 1 is 1.06 bits per heavy atom. The molecular weight excluding hydrogens is 482 g/mol. The number of rotatable bonds is 7. The van der Waals surface area contributed by atoms with Gasteiger partial charge >= 0.3 is 5.97 Å². The third kappa shape index (κ3) is 4.08. The lowest BCUT2D eigenvalue weighted by molar-refractivity contribution is -0.160. The molecule has 0 radical (unpaired) electrons. The lowest BCUT2D eigenvalue weighted by Gasteiger charge is -2.44. The molecule has 3 heterocycles. The molecule has 3 aliphatic rings. The van der Waals surface area contributed by atoms with Crippen LogP contribution in [0, 0.1) is 0 Å². The van der Waals surface area contributed by atoms with E-state index >= 15 is 0 Å². The maximum atomic E-state index is 13.2. The molecule has 2 aromatic carbocycles. The minimum atomic E-state index is -0.994. The highest BCUT2D eigenvalue weighted by atomic mass is 32.2. The Morgan fingerprint density at radius 2 is 1.69 bits per heavy atom. The summed E-state index contributed by atoms with van der Waals surface area (Å²) in [6.07, 6.45) is 1.31. The Bertz CT molecular complexity index is 1150. The Morgan fingerprint density at radius 3 is 2.28 bits per heavy atom. The summed E-state index contributed by atoms with van der Waals surface area (Å²) in [5.74, 6) is -1.19. The second kappa shape index (κ2) is 9.67. The average molecular weight is 512 g/mol. The third-order valence-electron chi connectivity index (χ3n) is 7.34. The summed E-state index contributed by atoms with van der Waals surface area (Å²) in [4.78, 5) is 42.4. The molecule has 10 heteroatoms. The number of likely N-dealkylation sites (tertiary alicyclic amines) is 1. The van der Waals surface area contributed by atoms with Crippen molar-refractivity contribution in [1.82, 2.24) is 15.1 Å². The number of aliphatic carboxylic acids is 1. The number of nitrogens with one attached hydrogen (secondary N) is 1. The number of methoxy groups -OCH3 is 2. The number of carboxylic acids is 1. The van der Waals surface area contributed by atoms with E-state index in [9.17, 15) is 19.5 Å². The summed E-state index contributed by atoms with van der Waals surface area (Å²) in [5.41, 5.74) is 1.42. The van der Waals surface area contributed by atoms with Crippen LogP contribution in [0.4, 0.5) is 0 Å². The standard InChI is InChI=1S/C26H29N3O6S/c1-34-17-9-6-10-18(35-2)19(17)22(30)27-20-23(31)29-21(25(32)33)26(36-24(20)29)11-13-28(14-12-26)15-16-7-4-3-5-8-16/h3-10,20-21,24H,11-15H2,1-2H3,(H,27,30)(H,32,33). The molecular formula is C26H29N3O6S. The van der Waals surface area contributed by atoms with Gasteiger partial charge in [0.25, 0.3) is 5.91 Å². The van der Waals surface area contributed by atoms with Crippen molar-refractivity contribution in [1.29, 1.82) is 0 Å². The van der Waals surface area contributed by atoms with E-state index in [1.165, 1.54) is 36.4 Å². The summed E-state index contributed by atoms with van der Waals surface area (Å²) in [7, 11) is 2.92. The van der Waals surface area contributed by atoms with Crippen LogP contribution in [0.5, 0.6) is 11.5 Å². The molecule has 3 atom stereocenters. The van der Waals surface area contributed by atoms with Gasteiger partial charge in [-0.25, -0.2) is 4.79 Å². The van der Waals surface area contributed by atoms with Gasteiger partial charge in [0.15, 0.2) is 0 Å². The number of hydrogen-bond acceptors (Lipinski definition) is 7. The summed E-state index contributed by atoms with van der Waals surface area (Å²) < 4.78 is 10.1. The second-order valence-corrected chi connectivity index (χ2v) is 10.8. The number of benzene rings is 2. The van der Waals surface area contributed by atoms with Crippen LogP contribution >= 0.6 is 11.8 Å². The molecule has 0 aromatic heterocycles. The van der Waals surface area contributed by atoms with Crippen molar-refractivity contribution in [3.05, 3.63) is 59.7 Å². The molecule has 2 amide bonds. The van der Waals surface area contributed by atoms with Crippen LogP contribution in [-0.2, 0) is 16.1 Å². The van der Waals surface area contributed by atoms with Gasteiger partial charge in [-0.05, 0) is 43.6 Å². The number of carbonyl (C=O) groups excluding carboxylic acids is 2. The van der Waals surface area contributed by atoms with Gasteiger partial charge in [-0.1, -0.05) is 36.4 Å². The lowest BCUT2D eigenvalue weighted by Crippen LogP contribution is -2.71. The van der Waals surface area contributed by atoms with Gasteiger partial charge in [0.1, 0.15) is 34.5 Å². The maximum Gasteiger partial charge on any atom is 0.327 e. The van der Waals surface area contributed by atoms with Crippen molar-refractivity contribution in [3.63, 3.8) is 0 Å². The Kier molecular flexibility index (Phi) is 6.57. The van der Waals surface area contributed by atoms with Crippen molar-refractivity contribution < 1.29 is 29.0 Å². The molecule has 9 nitrogen and oxygen atoms in total. The maximum absolute atomic E-state index is 13.2. The van der Waals surface area contributed by atoms with Gasteiger partial charge in [-0.2, -0.15) is 0 Å². The molecule has 36 heavy (non-hydrogen) atoms. The molecule has 3 fully saturated rings. The average Bonchev–Trinajstić information content (AvgIpc) is 3.19. The van der Waals surface area contributed by atoms with Crippen molar-refractivity contribution >= 4 is 29.5 Å². The second-order valence-electron chi connectivity index (χ2n) is 9.31. The summed E-state index contributed by atoms with van der Waals surface area (Å²) in [6.45, 7) is 2.30. The zero-order valence-corrected chi connectivity index (χ0v) is 21.0. The number of piperidine rings is 1. The highest BCUT2D eigenvalue weighted by molar-refractivity contribution is 8.01. The smallest absolute Gasteiger partial charge is 0.327 e. The van der Waals surface area contributed by atoms with Gasteiger partial charge < -0.3 is 24.8 Å². The molecule has 2 N–H and O–H groups in total. The largest absolute Gasteiger partial charge is 0.496 e. The van der Waals surface area contributed by atoms with E-state index in [-0.39, 0.29) is 11.5 Å². The molecule has 1 spiro atoms. The first-order chi connectivity index (χ1) is 17.4. The topological polar surface area (TPSA) is 108 Å². The van der Waals surface area contributed by atoms with Crippen LogP contribution in [0.1, 0.15) is 28.8 Å². The minimum Gasteiger partial charge on any atom is -0.496 e. The number of amides is 2. The monoisotopic (exact) mass is 511 g/mol. The first kappa shape index (κ1) is 24.5. The predicted octanol–water partition coefficient (Wildman–Crippen LogP) is 2.21. The van der Waals surface area contributed by atoms with Crippen molar-refractivity contribution in [2.75, 3.05) is 27.3 Å². The van der Waals surface area contributed by atoms with E-state index in [0.29, 0.717) is 24.3 Å². The van der Waals surface area contributed by atoms with Crippen LogP contribution in [0.25, 0.3) is 0 Å². The van der Waals surface area contributed by atoms with Gasteiger partial charge in [0, 0.05) is 6.54 Å². The molecule has 5 rings (SSSR count). The molecule has 0 bridgehead atoms. The number of fused-ring (bicyclic) bond motifs is 1. The zero-order valence-electron chi connectivity index (χ0n) is 20.2. The first-order valence-corrected chi connectivity index (χ1v) is 12.8. The molecule has 2 aromatic rings. The number of ether oxygens (including phenoxy) is 2. The van der Waals surface area contributed by atoms with Crippen LogP contribution in [0.3, 0.4) is 0 Å². The van der Waals surface area contributed by atoms with Crippen molar-refractivity contribution in [2.24, 2.45) is 0 Å². The number of carbonyl (C=O) groups is 3. The normalized spacial score (nSPS) is 24.7. The van der Waals surface area contributed by atoms with Gasteiger partial charge in [-0.3, -0.25) is 14.5 Å². The van der Waals surface area contributed by atoms with E-state index in [0.717, 1.165) is 19.6 Å². The number of hydrogen-bond donors (Lipinski definition) is 2. The van der Waals surface area contributed by atoms with E-state index < -0.39 is 34.1 Å². The van der Waals surface area contributed by atoms with Crippen LogP contribution < -0.4 is 14.8 Å². The molecule has 3 unspecified atom stereocenters. The van der Waals surface area contributed by atoms with Crippen LogP contribution in [-0.4, -0.2) is 82.2 Å². The van der Waals surface area contributed by atoms with Crippen LogP contribution in [0.15, 0.2) is 48.5 Å². The number of β-lactam (4-membered cyclic amide) rings is 1. The molecule has 3 saturated heterocycles. The fourth-order valence-electron chi connectivity index (χ4n) is 5.53. The zero-order chi connectivity index (χ0) is 25.4. The Labute approximate surface area is 213 Å². The molecule has 0 aliphatic carbocycles. The fourth-order valence-corrected chi connectivity index (χ4v) is 7.43. The van der Waals surface area contributed by atoms with Crippen LogP contribution in [0.2, 0.25) is 0 Å². The minimum absolute atomic E-state index is 0.204. The van der Waals surface area contributed by atoms with Crippen molar-refractivity contribution in [2.45, 2.75) is 41.6 Å². The SMILES string of the molecule is COc1cccc(OC)c1C(=O)NC1C(=O)N2C1SC1(CCN(Cc3ccccc3)CC1)C2C(=O)O. The lowest BCUT2D eigenvalue weighted by atomic mass is 9.85. The number of carboxylic acid groups (broad SMARTS) is 1. The van der Waals surface area contributed by atoms with Gasteiger partial charge in [0.05, 0.1) is 19.0 Å².